The molecule has 1 heterocycles. The van der Waals surface area contributed by atoms with E-state index in [4.69, 9.17) is 0 Å². The van der Waals surface area contributed by atoms with Crippen LogP contribution in [0, 0.1) is 5.92 Å². The molecule has 1 fully saturated rings. The number of carbonyl (C=O) groups excluding carboxylic acids is 1. The van der Waals surface area contributed by atoms with E-state index in [1.165, 1.54) is 7.11 Å². The molecule has 1 rings (SSSR count). The quantitative estimate of drug-likeness (QED) is 0.638. The molecule has 1 aliphatic rings. The zero-order valence-corrected chi connectivity index (χ0v) is 10.6. The van der Waals surface area contributed by atoms with Crippen molar-refractivity contribution in [3.05, 3.63) is 0 Å². The van der Waals surface area contributed by atoms with Crippen molar-refractivity contribution in [3.8, 4) is 0 Å². The van der Waals surface area contributed by atoms with Crippen LogP contribution in [0.4, 0.5) is 0 Å². The number of sulfone groups is 1. The highest BCUT2D eigenvalue weighted by molar-refractivity contribution is 7.91. The highest BCUT2D eigenvalue weighted by Gasteiger charge is 2.29. The smallest absolute Gasteiger partial charge is 0.310 e. The van der Waals surface area contributed by atoms with Crippen LogP contribution in [-0.4, -0.2) is 57.5 Å². The van der Waals surface area contributed by atoms with Crippen LogP contribution in [0.5, 0.6) is 0 Å². The van der Waals surface area contributed by atoms with Crippen LogP contribution in [0.3, 0.4) is 0 Å². The molecule has 0 radical (unpaired) electrons. The van der Waals surface area contributed by atoms with Gasteiger partial charge in [-0.25, -0.2) is 8.42 Å². The number of hydrogen-bond acceptors (Lipinski definition) is 5. The standard InChI is InChI=1S/C10H19NO4S/c1-3-16(13,14)7-6-11-5-4-9(8-11)10(12)15-2/h9H,3-8H2,1-2H3. The number of likely N-dealkylation sites (tertiary alicyclic amines) is 1. The van der Waals surface area contributed by atoms with Crippen molar-refractivity contribution in [2.24, 2.45) is 5.92 Å². The SMILES string of the molecule is CCS(=O)(=O)CCN1CCC(C(=O)OC)C1. The first-order valence-corrected chi connectivity index (χ1v) is 7.31. The summed E-state index contributed by atoms with van der Waals surface area (Å²) in [5.74, 6) is 0.0775. The van der Waals surface area contributed by atoms with Gasteiger partial charge in [-0.15, -0.1) is 0 Å². The maximum absolute atomic E-state index is 11.3. The summed E-state index contributed by atoms with van der Waals surface area (Å²) in [5.41, 5.74) is 0. The Hall–Kier alpha value is -0.620. The van der Waals surface area contributed by atoms with Crippen LogP contribution in [0.2, 0.25) is 0 Å². The molecule has 0 bridgehead atoms. The Morgan fingerprint density at radius 1 is 1.50 bits per heavy atom. The van der Waals surface area contributed by atoms with E-state index in [0.717, 1.165) is 13.0 Å². The summed E-state index contributed by atoms with van der Waals surface area (Å²) in [6.45, 7) is 3.56. The maximum Gasteiger partial charge on any atom is 0.310 e. The minimum atomic E-state index is -2.91. The van der Waals surface area contributed by atoms with Crippen molar-refractivity contribution in [1.82, 2.24) is 4.90 Å². The van der Waals surface area contributed by atoms with Crippen molar-refractivity contribution in [2.75, 3.05) is 38.2 Å². The molecule has 1 unspecified atom stereocenters. The van der Waals surface area contributed by atoms with E-state index in [2.05, 4.69) is 4.74 Å². The summed E-state index contributed by atoms with van der Waals surface area (Å²) in [6.07, 6.45) is 0.763. The van der Waals surface area contributed by atoms with Gasteiger partial charge in [0.05, 0.1) is 18.8 Å². The van der Waals surface area contributed by atoms with Gasteiger partial charge >= 0.3 is 5.97 Å². The number of hydrogen-bond donors (Lipinski definition) is 0. The third-order valence-corrected chi connectivity index (χ3v) is 4.65. The second kappa shape index (κ2) is 5.63. The van der Waals surface area contributed by atoms with Crippen molar-refractivity contribution in [3.63, 3.8) is 0 Å². The second-order valence-corrected chi connectivity index (χ2v) is 6.52. The second-order valence-electron chi connectivity index (χ2n) is 4.05. The molecule has 0 aromatic rings. The fourth-order valence-corrected chi connectivity index (χ4v) is 2.63. The Balaban J connectivity index is 2.35. The van der Waals surface area contributed by atoms with Gasteiger partial charge in [0, 0.05) is 18.8 Å². The highest BCUT2D eigenvalue weighted by Crippen LogP contribution is 2.17. The van der Waals surface area contributed by atoms with Gasteiger partial charge in [0.2, 0.25) is 0 Å². The predicted molar refractivity (Wildman–Crippen MR) is 60.9 cm³/mol. The van der Waals surface area contributed by atoms with Gasteiger partial charge in [-0.05, 0) is 13.0 Å². The predicted octanol–water partition coefficient (Wildman–Crippen LogP) is -0.0840. The van der Waals surface area contributed by atoms with Crippen molar-refractivity contribution >= 4 is 15.8 Å². The zero-order chi connectivity index (χ0) is 12.2. The van der Waals surface area contributed by atoms with Gasteiger partial charge in [-0.3, -0.25) is 4.79 Å². The molecule has 1 atom stereocenters. The van der Waals surface area contributed by atoms with Gasteiger partial charge in [0.25, 0.3) is 0 Å². The minimum absolute atomic E-state index is 0.0886. The number of nitrogens with zero attached hydrogens (tertiary/aromatic N) is 1. The first-order chi connectivity index (χ1) is 7.48. The van der Waals surface area contributed by atoms with E-state index < -0.39 is 9.84 Å². The molecule has 5 nitrogen and oxygen atoms in total. The lowest BCUT2D eigenvalue weighted by molar-refractivity contribution is -0.144. The molecule has 0 N–H and O–H groups in total. The molecular formula is C10H19NO4S. The van der Waals surface area contributed by atoms with Gasteiger partial charge in [-0.1, -0.05) is 6.92 Å². The summed E-state index contributed by atoms with van der Waals surface area (Å²) in [7, 11) is -1.53. The van der Waals surface area contributed by atoms with Crippen LogP contribution in [0.15, 0.2) is 0 Å². The summed E-state index contributed by atoms with van der Waals surface area (Å²) in [4.78, 5) is 13.3. The van der Waals surface area contributed by atoms with E-state index >= 15 is 0 Å². The van der Waals surface area contributed by atoms with Crippen LogP contribution in [0.1, 0.15) is 13.3 Å². The molecule has 1 saturated heterocycles. The highest BCUT2D eigenvalue weighted by atomic mass is 32.2. The van der Waals surface area contributed by atoms with Crippen molar-refractivity contribution in [2.45, 2.75) is 13.3 Å². The molecular weight excluding hydrogens is 230 g/mol. The summed E-state index contributed by atoms with van der Waals surface area (Å²) in [6, 6.07) is 0. The first kappa shape index (κ1) is 13.4. The number of esters is 1. The average Bonchev–Trinajstić information content (AvgIpc) is 2.74. The minimum Gasteiger partial charge on any atom is -0.469 e. The first-order valence-electron chi connectivity index (χ1n) is 5.49. The number of ether oxygens (including phenoxy) is 1. The Bertz CT molecular complexity index is 339. The average molecular weight is 249 g/mol. The number of methoxy groups -OCH3 is 1. The Morgan fingerprint density at radius 2 is 2.19 bits per heavy atom. The number of rotatable bonds is 5. The monoisotopic (exact) mass is 249 g/mol. The third-order valence-electron chi connectivity index (χ3n) is 2.97. The van der Waals surface area contributed by atoms with Crippen molar-refractivity contribution in [1.29, 1.82) is 0 Å². The van der Waals surface area contributed by atoms with Gasteiger partial charge < -0.3 is 9.64 Å². The van der Waals surface area contributed by atoms with Gasteiger partial charge in [0.15, 0.2) is 9.84 Å². The Labute approximate surface area is 96.7 Å². The summed E-state index contributed by atoms with van der Waals surface area (Å²) >= 11 is 0. The van der Waals surface area contributed by atoms with Crippen LogP contribution in [-0.2, 0) is 19.4 Å². The van der Waals surface area contributed by atoms with Crippen LogP contribution in [0.25, 0.3) is 0 Å². The molecule has 94 valence electrons. The van der Waals surface area contributed by atoms with E-state index in [0.29, 0.717) is 13.1 Å². The van der Waals surface area contributed by atoms with Crippen LogP contribution < -0.4 is 0 Å². The molecule has 16 heavy (non-hydrogen) atoms. The van der Waals surface area contributed by atoms with Gasteiger partial charge in [-0.2, -0.15) is 0 Å². The lowest BCUT2D eigenvalue weighted by atomic mass is 10.1. The maximum atomic E-state index is 11.3. The normalized spacial score (nSPS) is 22.2. The fraction of sp³-hybridized carbons (Fsp3) is 0.900. The van der Waals surface area contributed by atoms with Crippen LogP contribution >= 0.6 is 0 Å². The summed E-state index contributed by atoms with van der Waals surface area (Å²) in [5, 5.41) is 0. The molecule has 0 saturated carbocycles. The van der Waals surface area contributed by atoms with Crippen molar-refractivity contribution < 1.29 is 17.9 Å². The zero-order valence-electron chi connectivity index (χ0n) is 9.81. The number of carbonyl (C=O) groups is 1. The van der Waals surface area contributed by atoms with E-state index in [-0.39, 0.29) is 23.4 Å². The molecule has 1 aliphatic heterocycles. The molecule has 0 amide bonds. The Morgan fingerprint density at radius 3 is 2.75 bits per heavy atom. The summed E-state index contributed by atoms with van der Waals surface area (Å²) < 4.78 is 27.3. The molecule has 0 aliphatic carbocycles. The van der Waals surface area contributed by atoms with E-state index in [1.807, 2.05) is 4.90 Å². The van der Waals surface area contributed by atoms with E-state index in [9.17, 15) is 13.2 Å². The third kappa shape index (κ3) is 3.75. The van der Waals surface area contributed by atoms with Gasteiger partial charge in [0.1, 0.15) is 0 Å². The fourth-order valence-electron chi connectivity index (χ4n) is 1.81. The molecule has 0 spiro atoms. The molecule has 0 aromatic heterocycles. The lowest BCUT2D eigenvalue weighted by Gasteiger charge is -2.14. The topological polar surface area (TPSA) is 63.7 Å². The molecule has 0 aromatic carbocycles. The largest absolute Gasteiger partial charge is 0.469 e. The Kier molecular flexibility index (Phi) is 4.73. The van der Waals surface area contributed by atoms with E-state index in [1.54, 1.807) is 6.92 Å². The molecule has 6 heteroatoms. The lowest BCUT2D eigenvalue weighted by Crippen LogP contribution is -2.29.